The molecule has 0 aliphatic heterocycles. The zero-order valence-electron chi connectivity index (χ0n) is 9.38. The van der Waals surface area contributed by atoms with Gasteiger partial charge in [-0.05, 0) is 30.3 Å². The quantitative estimate of drug-likeness (QED) is 0.612. The molecule has 0 aromatic heterocycles. The molecular formula is C13H7Cl4NO. The van der Waals surface area contributed by atoms with Crippen LogP contribution in [-0.2, 0) is 0 Å². The van der Waals surface area contributed by atoms with Gasteiger partial charge >= 0.3 is 0 Å². The lowest BCUT2D eigenvalue weighted by Crippen LogP contribution is -2.03. The number of hydrogen-bond acceptors (Lipinski definition) is 2. The second-order valence-corrected chi connectivity index (χ2v) is 5.44. The van der Waals surface area contributed by atoms with Crippen LogP contribution in [0.4, 0.5) is 5.69 Å². The Morgan fingerprint density at radius 2 is 1.63 bits per heavy atom. The van der Waals surface area contributed by atoms with Crippen molar-refractivity contribution in [2.45, 2.75) is 0 Å². The molecule has 2 nitrogen and oxygen atoms in total. The normalized spacial score (nSPS) is 10.5. The van der Waals surface area contributed by atoms with E-state index in [4.69, 9.17) is 52.1 Å². The van der Waals surface area contributed by atoms with Crippen molar-refractivity contribution in [2.24, 2.45) is 0 Å². The van der Waals surface area contributed by atoms with Gasteiger partial charge in [0.25, 0.3) is 0 Å². The Balaban J connectivity index is 2.50. The van der Waals surface area contributed by atoms with Crippen LogP contribution < -0.4 is 5.73 Å². The lowest BCUT2D eigenvalue weighted by atomic mass is 10.0. The zero-order chi connectivity index (χ0) is 14.2. The van der Waals surface area contributed by atoms with Gasteiger partial charge in [0.2, 0.25) is 0 Å². The van der Waals surface area contributed by atoms with Crippen LogP contribution in [0, 0.1) is 0 Å². The topological polar surface area (TPSA) is 43.1 Å². The summed E-state index contributed by atoms with van der Waals surface area (Å²) in [5.41, 5.74) is 6.55. The molecule has 0 unspecified atom stereocenters. The van der Waals surface area contributed by atoms with E-state index in [0.29, 0.717) is 16.1 Å². The molecule has 0 aliphatic rings. The first-order chi connectivity index (χ1) is 8.90. The molecule has 19 heavy (non-hydrogen) atoms. The predicted octanol–water partition coefficient (Wildman–Crippen LogP) is 5.11. The molecule has 0 saturated carbocycles. The SMILES string of the molecule is Nc1cc(C(=O)c2ccc(Cl)cc2Cl)cc(Cl)c1Cl. The Morgan fingerprint density at radius 1 is 0.947 bits per heavy atom. The van der Waals surface area contributed by atoms with E-state index in [-0.39, 0.29) is 26.5 Å². The van der Waals surface area contributed by atoms with Crippen LogP contribution in [0.1, 0.15) is 15.9 Å². The third kappa shape index (κ3) is 2.98. The summed E-state index contributed by atoms with van der Waals surface area (Å²) in [6, 6.07) is 7.54. The van der Waals surface area contributed by atoms with Crippen molar-refractivity contribution in [1.82, 2.24) is 0 Å². The number of anilines is 1. The summed E-state index contributed by atoms with van der Waals surface area (Å²) in [5, 5.41) is 1.16. The Kier molecular flexibility index (Phi) is 4.26. The number of carbonyl (C=O) groups is 1. The smallest absolute Gasteiger partial charge is 0.194 e. The summed E-state index contributed by atoms with van der Waals surface area (Å²) < 4.78 is 0. The van der Waals surface area contributed by atoms with Gasteiger partial charge in [-0.3, -0.25) is 4.79 Å². The third-order valence-corrected chi connectivity index (χ3v) is 3.86. The van der Waals surface area contributed by atoms with Gasteiger partial charge in [-0.15, -0.1) is 0 Å². The molecule has 2 rings (SSSR count). The highest BCUT2D eigenvalue weighted by molar-refractivity contribution is 6.44. The molecule has 2 N–H and O–H groups in total. The molecule has 0 atom stereocenters. The van der Waals surface area contributed by atoms with Crippen molar-refractivity contribution in [1.29, 1.82) is 0 Å². The molecule has 0 aliphatic carbocycles. The number of nitrogens with two attached hydrogens (primary N) is 1. The number of rotatable bonds is 2. The molecule has 0 heterocycles. The zero-order valence-corrected chi connectivity index (χ0v) is 12.4. The standard InChI is InChI=1S/C13H7Cl4NO/c14-7-1-2-8(9(15)5-7)13(19)6-3-10(16)12(17)11(18)4-6/h1-5H,18H2. The monoisotopic (exact) mass is 333 g/mol. The minimum Gasteiger partial charge on any atom is -0.397 e. The molecule has 0 fully saturated rings. The number of carbonyl (C=O) groups excluding carboxylic acids is 1. The van der Waals surface area contributed by atoms with E-state index in [1.807, 2.05) is 0 Å². The first-order valence-corrected chi connectivity index (χ1v) is 6.65. The number of nitrogen functional groups attached to an aromatic ring is 1. The van der Waals surface area contributed by atoms with Crippen molar-refractivity contribution < 1.29 is 4.79 Å². The van der Waals surface area contributed by atoms with Crippen molar-refractivity contribution in [2.75, 3.05) is 5.73 Å². The first-order valence-electron chi connectivity index (χ1n) is 5.14. The highest BCUT2D eigenvalue weighted by atomic mass is 35.5. The number of hydrogen-bond donors (Lipinski definition) is 1. The molecule has 2 aromatic rings. The van der Waals surface area contributed by atoms with Gasteiger partial charge in [0, 0.05) is 16.1 Å². The van der Waals surface area contributed by atoms with Gasteiger partial charge in [0.05, 0.1) is 20.8 Å². The summed E-state index contributed by atoms with van der Waals surface area (Å²) in [4.78, 5) is 12.3. The molecule has 0 amide bonds. The van der Waals surface area contributed by atoms with Gasteiger partial charge in [-0.1, -0.05) is 46.4 Å². The average molecular weight is 335 g/mol. The van der Waals surface area contributed by atoms with E-state index >= 15 is 0 Å². The van der Waals surface area contributed by atoms with E-state index in [1.165, 1.54) is 18.2 Å². The van der Waals surface area contributed by atoms with Gasteiger partial charge in [0.1, 0.15) is 0 Å². The van der Waals surface area contributed by atoms with Crippen LogP contribution in [0.25, 0.3) is 0 Å². The van der Waals surface area contributed by atoms with Gasteiger partial charge in [-0.25, -0.2) is 0 Å². The lowest BCUT2D eigenvalue weighted by molar-refractivity contribution is 0.103. The fourth-order valence-corrected chi connectivity index (χ4v) is 2.40. The lowest BCUT2D eigenvalue weighted by Gasteiger charge is -2.07. The van der Waals surface area contributed by atoms with Crippen molar-refractivity contribution >= 4 is 57.9 Å². The van der Waals surface area contributed by atoms with E-state index in [9.17, 15) is 4.79 Å². The predicted molar refractivity (Wildman–Crippen MR) is 80.8 cm³/mol. The van der Waals surface area contributed by atoms with Crippen LogP contribution in [0.15, 0.2) is 30.3 Å². The van der Waals surface area contributed by atoms with Crippen LogP contribution >= 0.6 is 46.4 Å². The fourth-order valence-electron chi connectivity index (χ4n) is 1.57. The molecule has 0 saturated heterocycles. The van der Waals surface area contributed by atoms with E-state index in [0.717, 1.165) is 0 Å². The summed E-state index contributed by atoms with van der Waals surface area (Å²) in [6.07, 6.45) is 0. The highest BCUT2D eigenvalue weighted by Gasteiger charge is 2.16. The highest BCUT2D eigenvalue weighted by Crippen LogP contribution is 2.31. The molecule has 98 valence electrons. The average Bonchev–Trinajstić information content (AvgIpc) is 2.34. The maximum atomic E-state index is 12.3. The van der Waals surface area contributed by atoms with Crippen molar-refractivity contribution in [3.05, 3.63) is 61.5 Å². The third-order valence-electron chi connectivity index (χ3n) is 2.49. The number of ketones is 1. The summed E-state index contributed by atoms with van der Waals surface area (Å²) >= 11 is 23.5. The van der Waals surface area contributed by atoms with Crippen molar-refractivity contribution in [3.63, 3.8) is 0 Å². The molecular weight excluding hydrogens is 328 g/mol. The van der Waals surface area contributed by atoms with Gasteiger partial charge in [0.15, 0.2) is 5.78 Å². The summed E-state index contributed by atoms with van der Waals surface area (Å²) in [6.45, 7) is 0. The molecule has 2 aromatic carbocycles. The Bertz CT molecular complexity index is 647. The molecule has 6 heteroatoms. The number of benzene rings is 2. The summed E-state index contributed by atoms with van der Waals surface area (Å²) in [7, 11) is 0. The van der Waals surface area contributed by atoms with Crippen LogP contribution in [-0.4, -0.2) is 5.78 Å². The summed E-state index contributed by atoms with van der Waals surface area (Å²) in [5.74, 6) is -0.299. The maximum absolute atomic E-state index is 12.3. The molecule has 0 spiro atoms. The second-order valence-electron chi connectivity index (χ2n) is 3.81. The number of halogens is 4. The minimum atomic E-state index is -0.299. The second kappa shape index (κ2) is 5.59. The van der Waals surface area contributed by atoms with Crippen LogP contribution in [0.3, 0.4) is 0 Å². The van der Waals surface area contributed by atoms with Gasteiger partial charge in [-0.2, -0.15) is 0 Å². The maximum Gasteiger partial charge on any atom is 0.194 e. The van der Waals surface area contributed by atoms with E-state index in [1.54, 1.807) is 12.1 Å². The van der Waals surface area contributed by atoms with E-state index in [2.05, 4.69) is 0 Å². The largest absolute Gasteiger partial charge is 0.397 e. The molecule has 0 radical (unpaired) electrons. The first kappa shape index (κ1) is 14.5. The Hall–Kier alpha value is -0.930. The Labute approximate surface area is 130 Å². The van der Waals surface area contributed by atoms with E-state index < -0.39 is 0 Å². The fraction of sp³-hybridized carbons (Fsp3) is 0. The van der Waals surface area contributed by atoms with Crippen molar-refractivity contribution in [3.8, 4) is 0 Å². The van der Waals surface area contributed by atoms with Gasteiger partial charge < -0.3 is 5.73 Å². The Morgan fingerprint density at radius 3 is 2.21 bits per heavy atom. The molecule has 0 bridgehead atoms. The van der Waals surface area contributed by atoms with Crippen LogP contribution in [0.2, 0.25) is 20.1 Å². The van der Waals surface area contributed by atoms with Crippen LogP contribution in [0.5, 0.6) is 0 Å². The minimum absolute atomic E-state index is 0.218.